The Labute approximate surface area is 110 Å². The number of aromatic amines is 1. The number of H-pyrrole nitrogens is 1. The van der Waals surface area contributed by atoms with Gasteiger partial charge in [-0.15, -0.1) is 0 Å². The SMILES string of the molecule is Cc1nc(NC(C)(C)C(C)(C)O)cc2n[nH]c(=O)n12. The Morgan fingerprint density at radius 3 is 2.58 bits per heavy atom. The van der Waals surface area contributed by atoms with E-state index in [4.69, 9.17) is 0 Å². The van der Waals surface area contributed by atoms with Crippen molar-refractivity contribution in [1.82, 2.24) is 19.6 Å². The van der Waals surface area contributed by atoms with Crippen LogP contribution in [0.5, 0.6) is 0 Å². The van der Waals surface area contributed by atoms with Crippen LogP contribution in [0.15, 0.2) is 10.9 Å². The lowest BCUT2D eigenvalue weighted by atomic mass is 9.86. The number of aromatic nitrogens is 4. The summed E-state index contributed by atoms with van der Waals surface area (Å²) in [6, 6.07) is 1.67. The summed E-state index contributed by atoms with van der Waals surface area (Å²) in [5, 5.41) is 19.6. The molecule has 2 rings (SSSR count). The van der Waals surface area contributed by atoms with Crippen LogP contribution in [-0.4, -0.2) is 35.8 Å². The van der Waals surface area contributed by atoms with Gasteiger partial charge in [0.1, 0.15) is 11.6 Å². The molecule has 104 valence electrons. The molecule has 0 radical (unpaired) electrons. The third-order valence-corrected chi connectivity index (χ3v) is 3.54. The molecule has 0 aromatic carbocycles. The summed E-state index contributed by atoms with van der Waals surface area (Å²) >= 11 is 0. The van der Waals surface area contributed by atoms with Gasteiger partial charge in [0, 0.05) is 6.07 Å². The van der Waals surface area contributed by atoms with Crippen molar-refractivity contribution >= 4 is 11.5 Å². The fourth-order valence-corrected chi connectivity index (χ4v) is 1.63. The van der Waals surface area contributed by atoms with Gasteiger partial charge < -0.3 is 10.4 Å². The molecule has 0 atom stereocenters. The lowest BCUT2D eigenvalue weighted by molar-refractivity contribution is 0.0238. The number of nitrogens with one attached hydrogen (secondary N) is 2. The van der Waals surface area contributed by atoms with Crippen molar-refractivity contribution in [2.24, 2.45) is 0 Å². The molecule has 0 aliphatic rings. The topological polar surface area (TPSA) is 95.3 Å². The Balaban J connectivity index is 2.45. The molecule has 0 aliphatic heterocycles. The normalized spacial score (nSPS) is 12.9. The molecule has 2 heterocycles. The van der Waals surface area contributed by atoms with Crippen LogP contribution < -0.4 is 11.0 Å². The first-order chi connectivity index (χ1) is 8.62. The van der Waals surface area contributed by atoms with Gasteiger partial charge in [-0.25, -0.2) is 19.3 Å². The Morgan fingerprint density at radius 1 is 1.37 bits per heavy atom. The summed E-state index contributed by atoms with van der Waals surface area (Å²) in [7, 11) is 0. The Bertz CT molecular complexity index is 663. The number of hydrogen-bond donors (Lipinski definition) is 3. The Hall–Kier alpha value is -1.89. The lowest BCUT2D eigenvalue weighted by Crippen LogP contribution is -2.51. The predicted octanol–water partition coefficient (Wildman–Crippen LogP) is 0.687. The molecule has 7 heteroatoms. The summed E-state index contributed by atoms with van der Waals surface area (Å²) in [4.78, 5) is 15.8. The molecule has 0 fully saturated rings. The third-order valence-electron chi connectivity index (χ3n) is 3.54. The molecule has 2 aromatic rings. The van der Waals surface area contributed by atoms with Crippen molar-refractivity contribution in [3.05, 3.63) is 22.4 Å². The predicted molar refractivity (Wildman–Crippen MR) is 72.3 cm³/mol. The van der Waals surface area contributed by atoms with Crippen molar-refractivity contribution in [2.75, 3.05) is 5.32 Å². The standard InChI is InChI=1S/C12H19N5O2/c1-7-13-8(14-11(2,3)12(4,5)19)6-9-15-16-10(18)17(7)9/h6,14,19H,1-5H3,(H,16,18). The third kappa shape index (κ3) is 2.33. The summed E-state index contributed by atoms with van der Waals surface area (Å²) in [6.45, 7) is 8.94. The van der Waals surface area contributed by atoms with Gasteiger partial charge in [0.15, 0.2) is 5.65 Å². The van der Waals surface area contributed by atoms with E-state index in [-0.39, 0.29) is 5.69 Å². The molecule has 7 nitrogen and oxygen atoms in total. The highest BCUT2D eigenvalue weighted by Gasteiger charge is 2.35. The minimum absolute atomic E-state index is 0.312. The van der Waals surface area contributed by atoms with E-state index >= 15 is 0 Å². The molecule has 0 amide bonds. The maximum atomic E-state index is 11.5. The van der Waals surface area contributed by atoms with Gasteiger partial charge in [-0.05, 0) is 34.6 Å². The molecular formula is C12H19N5O2. The van der Waals surface area contributed by atoms with E-state index in [1.165, 1.54) is 4.40 Å². The fourth-order valence-electron chi connectivity index (χ4n) is 1.63. The Morgan fingerprint density at radius 2 is 2.00 bits per heavy atom. The fraction of sp³-hybridized carbons (Fsp3) is 0.583. The molecule has 19 heavy (non-hydrogen) atoms. The maximum Gasteiger partial charge on any atom is 0.349 e. The molecule has 0 saturated carbocycles. The smallest absolute Gasteiger partial charge is 0.349 e. The van der Waals surface area contributed by atoms with E-state index < -0.39 is 11.1 Å². The van der Waals surface area contributed by atoms with Crippen molar-refractivity contribution < 1.29 is 5.11 Å². The van der Waals surface area contributed by atoms with E-state index in [1.54, 1.807) is 26.8 Å². The van der Waals surface area contributed by atoms with Crippen LogP contribution in [-0.2, 0) is 0 Å². The molecule has 2 aromatic heterocycles. The second-order valence-corrected chi connectivity index (χ2v) is 5.72. The molecule has 0 unspecified atom stereocenters. The number of nitrogens with zero attached hydrogens (tertiary/aromatic N) is 3. The first-order valence-electron chi connectivity index (χ1n) is 6.07. The van der Waals surface area contributed by atoms with Gasteiger partial charge in [0.2, 0.25) is 0 Å². The van der Waals surface area contributed by atoms with Crippen molar-refractivity contribution in [3.8, 4) is 0 Å². The van der Waals surface area contributed by atoms with Crippen LogP contribution in [0.25, 0.3) is 5.65 Å². The molecule has 0 spiro atoms. The molecule has 0 aliphatic carbocycles. The van der Waals surface area contributed by atoms with Crippen molar-refractivity contribution in [3.63, 3.8) is 0 Å². The van der Waals surface area contributed by atoms with Crippen molar-refractivity contribution in [1.29, 1.82) is 0 Å². The highest BCUT2D eigenvalue weighted by Crippen LogP contribution is 2.25. The summed E-state index contributed by atoms with van der Waals surface area (Å²) in [5.41, 5.74) is -1.33. The first-order valence-corrected chi connectivity index (χ1v) is 6.07. The average molecular weight is 265 g/mol. The van der Waals surface area contributed by atoms with Gasteiger partial charge in [0.05, 0.1) is 11.1 Å². The number of aryl methyl sites for hydroxylation is 1. The zero-order chi connectivity index (χ0) is 14.4. The highest BCUT2D eigenvalue weighted by molar-refractivity contribution is 5.51. The number of hydrogen-bond acceptors (Lipinski definition) is 5. The second-order valence-electron chi connectivity index (χ2n) is 5.72. The van der Waals surface area contributed by atoms with E-state index in [0.29, 0.717) is 17.3 Å². The summed E-state index contributed by atoms with van der Waals surface area (Å²) in [6.07, 6.45) is 0. The molecule has 0 bridgehead atoms. The second kappa shape index (κ2) is 4.06. The summed E-state index contributed by atoms with van der Waals surface area (Å²) < 4.78 is 1.39. The monoisotopic (exact) mass is 265 g/mol. The van der Waals surface area contributed by atoms with E-state index in [0.717, 1.165) is 0 Å². The maximum absolute atomic E-state index is 11.5. The lowest BCUT2D eigenvalue weighted by Gasteiger charge is -2.38. The van der Waals surface area contributed by atoms with Gasteiger partial charge in [-0.3, -0.25) is 0 Å². The van der Waals surface area contributed by atoms with Gasteiger partial charge in [0.25, 0.3) is 0 Å². The minimum Gasteiger partial charge on any atom is -0.388 e. The Kier molecular flexibility index (Phi) is 2.89. The van der Waals surface area contributed by atoms with Crippen LogP contribution in [0.3, 0.4) is 0 Å². The van der Waals surface area contributed by atoms with Crippen LogP contribution in [0.4, 0.5) is 5.82 Å². The van der Waals surface area contributed by atoms with Crippen LogP contribution in [0.2, 0.25) is 0 Å². The average Bonchev–Trinajstić information content (AvgIpc) is 2.58. The zero-order valence-corrected chi connectivity index (χ0v) is 11.8. The molecule has 3 N–H and O–H groups in total. The number of fused-ring (bicyclic) bond motifs is 1. The van der Waals surface area contributed by atoms with Crippen LogP contribution in [0.1, 0.15) is 33.5 Å². The van der Waals surface area contributed by atoms with Gasteiger partial charge in [-0.2, -0.15) is 5.10 Å². The first kappa shape index (κ1) is 13.5. The molecular weight excluding hydrogens is 246 g/mol. The van der Waals surface area contributed by atoms with Crippen molar-refractivity contribution in [2.45, 2.75) is 45.8 Å². The summed E-state index contributed by atoms with van der Waals surface area (Å²) in [5.74, 6) is 1.10. The quantitative estimate of drug-likeness (QED) is 0.758. The van der Waals surface area contributed by atoms with E-state index in [2.05, 4.69) is 20.5 Å². The number of anilines is 1. The van der Waals surface area contributed by atoms with E-state index in [9.17, 15) is 9.90 Å². The number of rotatable bonds is 3. The van der Waals surface area contributed by atoms with Crippen LogP contribution >= 0.6 is 0 Å². The largest absolute Gasteiger partial charge is 0.388 e. The highest BCUT2D eigenvalue weighted by atomic mass is 16.3. The number of aliphatic hydroxyl groups is 1. The van der Waals surface area contributed by atoms with E-state index in [1.807, 2.05) is 13.8 Å². The van der Waals surface area contributed by atoms with Crippen LogP contribution in [0, 0.1) is 6.92 Å². The zero-order valence-electron chi connectivity index (χ0n) is 11.8. The van der Waals surface area contributed by atoms with Gasteiger partial charge >= 0.3 is 5.69 Å². The van der Waals surface area contributed by atoms with Gasteiger partial charge in [-0.1, -0.05) is 0 Å². The minimum atomic E-state index is -0.931. The molecule has 0 saturated heterocycles.